The van der Waals surface area contributed by atoms with Gasteiger partial charge in [-0.15, -0.1) is 0 Å². The summed E-state index contributed by atoms with van der Waals surface area (Å²) in [6, 6.07) is 6.15. The van der Waals surface area contributed by atoms with Crippen molar-refractivity contribution in [2.24, 2.45) is 5.73 Å². The Morgan fingerprint density at radius 1 is 1.38 bits per heavy atom. The predicted molar refractivity (Wildman–Crippen MR) is 59.1 cm³/mol. The van der Waals surface area contributed by atoms with E-state index in [1.165, 1.54) is 7.05 Å². The lowest BCUT2D eigenvalue weighted by atomic mass is 10.2. The van der Waals surface area contributed by atoms with Gasteiger partial charge in [0.05, 0.1) is 0 Å². The number of carbonyl (C=O) groups is 2. The van der Waals surface area contributed by atoms with Crippen LogP contribution in [-0.2, 0) is 6.54 Å². The lowest BCUT2D eigenvalue weighted by Gasteiger charge is -2.12. The molecule has 86 valence electrons. The van der Waals surface area contributed by atoms with E-state index in [0.29, 0.717) is 12.2 Å². The van der Waals surface area contributed by atoms with E-state index in [1.54, 1.807) is 24.3 Å². The molecule has 0 aliphatic carbocycles. The van der Waals surface area contributed by atoms with Crippen molar-refractivity contribution < 1.29 is 14.7 Å². The normalized spacial score (nSPS) is 9.56. The third-order valence-corrected chi connectivity index (χ3v) is 1.97. The van der Waals surface area contributed by atoms with Crippen LogP contribution < -0.4 is 11.1 Å². The molecule has 0 aliphatic heterocycles. The molecule has 4 N–H and O–H groups in total. The fourth-order valence-electron chi connectivity index (χ4n) is 1.18. The zero-order chi connectivity index (χ0) is 12.1. The van der Waals surface area contributed by atoms with Gasteiger partial charge in [0.25, 0.3) is 0 Å². The fraction of sp³-hybridized carbons (Fsp3) is 0.200. The number of hydrogen-bond acceptors (Lipinski definition) is 2. The second-order valence-electron chi connectivity index (χ2n) is 3.32. The van der Waals surface area contributed by atoms with Crippen molar-refractivity contribution in [1.82, 2.24) is 4.90 Å². The third-order valence-electron chi connectivity index (χ3n) is 1.97. The minimum absolute atomic E-state index is 0.298. The molecule has 0 aromatic heterocycles. The highest BCUT2D eigenvalue weighted by Gasteiger charge is 2.05. The molecule has 0 saturated heterocycles. The van der Waals surface area contributed by atoms with Gasteiger partial charge >= 0.3 is 12.1 Å². The molecule has 16 heavy (non-hydrogen) atoms. The molecule has 0 saturated carbocycles. The smallest absolute Gasteiger partial charge is 0.407 e. The van der Waals surface area contributed by atoms with Gasteiger partial charge in [-0.3, -0.25) is 0 Å². The molecule has 0 unspecified atom stereocenters. The molecule has 0 fully saturated rings. The van der Waals surface area contributed by atoms with Crippen LogP contribution in [0.3, 0.4) is 0 Å². The van der Waals surface area contributed by atoms with Crippen molar-refractivity contribution in [3.05, 3.63) is 29.8 Å². The van der Waals surface area contributed by atoms with Crippen molar-refractivity contribution >= 4 is 17.8 Å². The first-order valence-electron chi connectivity index (χ1n) is 4.58. The zero-order valence-corrected chi connectivity index (χ0v) is 8.80. The van der Waals surface area contributed by atoms with Crippen LogP contribution in [0.2, 0.25) is 0 Å². The molecular weight excluding hydrogens is 210 g/mol. The van der Waals surface area contributed by atoms with E-state index in [4.69, 9.17) is 10.8 Å². The molecular formula is C10H13N3O3. The number of benzene rings is 1. The molecule has 0 spiro atoms. The Morgan fingerprint density at radius 3 is 2.38 bits per heavy atom. The monoisotopic (exact) mass is 223 g/mol. The van der Waals surface area contributed by atoms with Crippen LogP contribution >= 0.6 is 0 Å². The largest absolute Gasteiger partial charge is 0.465 e. The summed E-state index contributed by atoms with van der Waals surface area (Å²) in [5.41, 5.74) is 6.36. The highest BCUT2D eigenvalue weighted by Crippen LogP contribution is 2.10. The molecule has 0 bridgehead atoms. The standard InChI is InChI=1S/C10H13N3O3/c1-13(10(15)16)6-7-2-4-8(5-3-7)12-9(11)14/h2-5H,6H2,1H3,(H,15,16)(H3,11,12,14). The van der Waals surface area contributed by atoms with E-state index < -0.39 is 12.1 Å². The summed E-state index contributed by atoms with van der Waals surface area (Å²) in [5.74, 6) is 0. The van der Waals surface area contributed by atoms with Crippen molar-refractivity contribution in [3.63, 3.8) is 0 Å². The van der Waals surface area contributed by atoms with Crippen LogP contribution in [-0.4, -0.2) is 29.2 Å². The highest BCUT2D eigenvalue weighted by atomic mass is 16.4. The average molecular weight is 223 g/mol. The Bertz CT molecular complexity index is 389. The number of nitrogens with zero attached hydrogens (tertiary/aromatic N) is 1. The van der Waals surface area contributed by atoms with Crippen LogP contribution in [0.15, 0.2) is 24.3 Å². The van der Waals surface area contributed by atoms with Gasteiger partial charge in [-0.25, -0.2) is 9.59 Å². The van der Waals surface area contributed by atoms with E-state index in [-0.39, 0.29) is 0 Å². The summed E-state index contributed by atoms with van der Waals surface area (Å²) in [7, 11) is 1.48. The zero-order valence-electron chi connectivity index (χ0n) is 8.80. The first kappa shape index (κ1) is 11.8. The Labute approximate surface area is 92.7 Å². The maximum atomic E-state index is 10.6. The third kappa shape index (κ3) is 3.49. The van der Waals surface area contributed by atoms with Gasteiger partial charge in [-0.1, -0.05) is 12.1 Å². The SMILES string of the molecule is CN(Cc1ccc(NC(N)=O)cc1)C(=O)O. The van der Waals surface area contributed by atoms with Crippen molar-refractivity contribution in [1.29, 1.82) is 0 Å². The number of nitrogens with two attached hydrogens (primary N) is 1. The molecule has 0 radical (unpaired) electrons. The van der Waals surface area contributed by atoms with E-state index in [2.05, 4.69) is 5.32 Å². The topological polar surface area (TPSA) is 95.7 Å². The van der Waals surface area contributed by atoms with E-state index in [9.17, 15) is 9.59 Å². The highest BCUT2D eigenvalue weighted by molar-refractivity contribution is 5.87. The van der Waals surface area contributed by atoms with Gasteiger partial charge in [0.2, 0.25) is 0 Å². The van der Waals surface area contributed by atoms with Gasteiger partial charge in [0, 0.05) is 19.3 Å². The van der Waals surface area contributed by atoms with E-state index in [0.717, 1.165) is 10.5 Å². The molecule has 0 atom stereocenters. The minimum Gasteiger partial charge on any atom is -0.465 e. The van der Waals surface area contributed by atoms with Gasteiger partial charge in [-0.2, -0.15) is 0 Å². The maximum Gasteiger partial charge on any atom is 0.407 e. The van der Waals surface area contributed by atoms with Gasteiger partial charge in [0.1, 0.15) is 0 Å². The maximum absolute atomic E-state index is 10.6. The second kappa shape index (κ2) is 5.01. The van der Waals surface area contributed by atoms with Crippen LogP contribution in [0.5, 0.6) is 0 Å². The molecule has 6 nitrogen and oxygen atoms in total. The first-order valence-corrected chi connectivity index (χ1v) is 4.58. The quantitative estimate of drug-likeness (QED) is 0.720. The number of carboxylic acid groups (broad SMARTS) is 1. The Morgan fingerprint density at radius 2 is 1.94 bits per heavy atom. The number of rotatable bonds is 3. The van der Waals surface area contributed by atoms with Gasteiger partial charge in [-0.05, 0) is 17.7 Å². The van der Waals surface area contributed by atoms with Crippen molar-refractivity contribution in [2.75, 3.05) is 12.4 Å². The summed E-state index contributed by atoms with van der Waals surface area (Å²) in [6.45, 7) is 0.298. The lowest BCUT2D eigenvalue weighted by molar-refractivity contribution is 0.154. The molecule has 0 heterocycles. The Hall–Kier alpha value is -2.24. The Balaban J connectivity index is 2.64. The van der Waals surface area contributed by atoms with E-state index in [1.807, 2.05) is 0 Å². The number of anilines is 1. The first-order chi connectivity index (χ1) is 7.49. The fourth-order valence-corrected chi connectivity index (χ4v) is 1.18. The number of amides is 3. The van der Waals surface area contributed by atoms with Crippen LogP contribution in [0.25, 0.3) is 0 Å². The number of nitrogens with one attached hydrogen (secondary N) is 1. The number of hydrogen-bond donors (Lipinski definition) is 3. The van der Waals surface area contributed by atoms with Crippen molar-refractivity contribution in [3.8, 4) is 0 Å². The Kier molecular flexibility index (Phi) is 3.71. The molecule has 1 aromatic carbocycles. The average Bonchev–Trinajstić information content (AvgIpc) is 2.20. The minimum atomic E-state index is -0.987. The van der Waals surface area contributed by atoms with Crippen LogP contribution in [0.1, 0.15) is 5.56 Å². The lowest BCUT2D eigenvalue weighted by Crippen LogP contribution is -2.24. The molecule has 1 aromatic rings. The summed E-state index contributed by atoms with van der Waals surface area (Å²) in [5, 5.41) is 11.1. The summed E-state index contributed by atoms with van der Waals surface area (Å²) in [4.78, 5) is 22.3. The van der Waals surface area contributed by atoms with Crippen LogP contribution in [0, 0.1) is 0 Å². The molecule has 3 amide bonds. The molecule has 0 aliphatic rings. The van der Waals surface area contributed by atoms with Crippen LogP contribution in [0.4, 0.5) is 15.3 Å². The summed E-state index contributed by atoms with van der Waals surface area (Å²) < 4.78 is 0. The second-order valence-corrected chi connectivity index (χ2v) is 3.32. The number of primary amides is 1. The molecule has 6 heteroatoms. The molecule has 1 rings (SSSR count). The predicted octanol–water partition coefficient (Wildman–Crippen LogP) is 1.29. The summed E-state index contributed by atoms with van der Waals surface area (Å²) >= 11 is 0. The number of urea groups is 1. The van der Waals surface area contributed by atoms with Gasteiger partial charge in [0.15, 0.2) is 0 Å². The number of carbonyl (C=O) groups excluding carboxylic acids is 1. The van der Waals surface area contributed by atoms with Crippen molar-refractivity contribution in [2.45, 2.75) is 6.54 Å². The van der Waals surface area contributed by atoms with E-state index >= 15 is 0 Å². The van der Waals surface area contributed by atoms with Gasteiger partial charge < -0.3 is 21.1 Å². The summed E-state index contributed by atoms with van der Waals surface area (Å²) in [6.07, 6.45) is -0.987.